The molecule has 2 heterocycles. The number of aromatic nitrogens is 2. The summed E-state index contributed by atoms with van der Waals surface area (Å²) in [7, 11) is -16.8. The number of amides is 1. The molecule has 1 aliphatic rings. The van der Waals surface area contributed by atoms with E-state index in [0.717, 1.165) is 4.57 Å². The number of rotatable bonds is 17. The molecule has 0 bridgehead atoms. The van der Waals surface area contributed by atoms with Crippen molar-refractivity contribution in [3.05, 3.63) is 51.3 Å². The summed E-state index contributed by atoms with van der Waals surface area (Å²) >= 11 is 0. The molecular formula is C19H30N3O16P3. The Morgan fingerprint density at radius 2 is 1.93 bits per heavy atom. The molecule has 0 spiro atoms. The molecule has 1 aliphatic heterocycles. The molecule has 1 fully saturated rings. The Labute approximate surface area is 232 Å². The van der Waals surface area contributed by atoms with Crippen molar-refractivity contribution in [1.29, 1.82) is 0 Å². The van der Waals surface area contributed by atoms with E-state index in [-0.39, 0.29) is 44.3 Å². The number of carbonyl (C=O) groups is 1. The first-order valence-electron chi connectivity index (χ1n) is 11.6. The maximum atomic E-state index is 12.5. The van der Waals surface area contributed by atoms with Crippen molar-refractivity contribution >= 4 is 35.5 Å². The quantitative estimate of drug-likeness (QED) is 0.0571. The minimum Gasteiger partial charge on any atom is -0.353 e. The molecule has 0 saturated carbocycles. The molecule has 6 N–H and O–H groups in total. The molecule has 19 nitrogen and oxygen atoms in total. The van der Waals surface area contributed by atoms with Gasteiger partial charge in [0.05, 0.1) is 24.9 Å². The van der Waals surface area contributed by atoms with Gasteiger partial charge in [0.1, 0.15) is 19.1 Å². The predicted octanol–water partition coefficient (Wildman–Crippen LogP) is 0.252. The van der Waals surface area contributed by atoms with Crippen LogP contribution in [0.4, 0.5) is 0 Å². The molecule has 1 aromatic rings. The summed E-state index contributed by atoms with van der Waals surface area (Å²) in [6, 6.07) is 0. The highest BCUT2D eigenvalue weighted by Gasteiger charge is 2.43. The molecular weight excluding hydrogens is 619 g/mol. The summed E-state index contributed by atoms with van der Waals surface area (Å²) in [5, 5.41) is 2.58. The Morgan fingerprint density at radius 1 is 1.22 bits per heavy atom. The van der Waals surface area contributed by atoms with Gasteiger partial charge in [-0.25, -0.2) is 18.5 Å². The van der Waals surface area contributed by atoms with Gasteiger partial charge in [-0.2, -0.15) is 8.62 Å². The lowest BCUT2D eigenvalue weighted by molar-refractivity contribution is -0.120. The molecule has 2 rings (SSSR count). The van der Waals surface area contributed by atoms with E-state index in [1.165, 1.54) is 24.4 Å². The summed E-state index contributed by atoms with van der Waals surface area (Å²) in [6.45, 7) is 4.21. The molecule has 22 heteroatoms. The van der Waals surface area contributed by atoms with Gasteiger partial charge in [-0.3, -0.25) is 23.7 Å². The number of hydrogen-bond donors (Lipinski definition) is 6. The number of phosphoric acid groups is 3. The van der Waals surface area contributed by atoms with Gasteiger partial charge in [0, 0.05) is 25.6 Å². The van der Waals surface area contributed by atoms with Crippen LogP contribution >= 0.6 is 23.5 Å². The first-order valence-corrected chi connectivity index (χ1v) is 16.1. The number of ether oxygens (including phenoxy) is 3. The van der Waals surface area contributed by atoms with Crippen LogP contribution in [0, 0.1) is 0 Å². The van der Waals surface area contributed by atoms with E-state index in [2.05, 4.69) is 30.0 Å². The third-order valence-electron chi connectivity index (χ3n) is 4.94. The first-order chi connectivity index (χ1) is 19.1. The van der Waals surface area contributed by atoms with Gasteiger partial charge in [-0.05, 0) is 0 Å². The van der Waals surface area contributed by atoms with Crippen LogP contribution in [0.15, 0.2) is 34.5 Å². The van der Waals surface area contributed by atoms with E-state index < -0.39 is 59.8 Å². The van der Waals surface area contributed by atoms with E-state index in [1.54, 1.807) is 6.92 Å². The zero-order valence-corrected chi connectivity index (χ0v) is 24.2. The SMILES string of the molecule is C=CCOCOC1C[C@H](n2cc(/C=C/CNC(=O)CC)c(=O)[nH]c2=O)O[C@@H]1COP(=O)(O)OP(=O)(O)OP(=O)(O)O. The Morgan fingerprint density at radius 3 is 2.56 bits per heavy atom. The van der Waals surface area contributed by atoms with Gasteiger partial charge < -0.3 is 39.1 Å². The topological polar surface area (TPSA) is 271 Å². The monoisotopic (exact) mass is 649 g/mol. The minimum absolute atomic E-state index is 0.0300. The number of H-pyrrole nitrogens is 1. The standard InChI is InChI=1S/C19H30N3O16P3/c1-3-8-33-12-34-14-9-17(22-10-13(18(24)21-19(22)25)6-5-7-20-16(23)4-2)36-15(14)11-35-40(29,30)38-41(31,32)37-39(26,27)28/h3,5-6,10,14-15,17H,1,4,7-9,11-12H2,2H3,(H,20,23)(H,29,30)(H,31,32)(H,21,24,25)(H2,26,27,28)/b6-5+/t14?,15-,17-/m1/s1. The molecule has 0 radical (unpaired) electrons. The number of carbonyl (C=O) groups excluding carboxylic acids is 1. The second-order valence-electron chi connectivity index (χ2n) is 8.05. The summed E-state index contributed by atoms with van der Waals surface area (Å²) < 4.78 is 63.9. The van der Waals surface area contributed by atoms with E-state index in [1.807, 2.05) is 0 Å². The molecule has 1 aromatic heterocycles. The molecule has 41 heavy (non-hydrogen) atoms. The third kappa shape index (κ3) is 12.4. The third-order valence-corrected chi connectivity index (χ3v) is 8.74. The van der Waals surface area contributed by atoms with Crippen LogP contribution in [0.3, 0.4) is 0 Å². The van der Waals surface area contributed by atoms with E-state index in [4.69, 9.17) is 24.0 Å². The van der Waals surface area contributed by atoms with Crippen LogP contribution in [0.2, 0.25) is 0 Å². The van der Waals surface area contributed by atoms with Crippen LogP contribution in [-0.2, 0) is 45.8 Å². The van der Waals surface area contributed by atoms with E-state index in [9.17, 15) is 37.9 Å². The summed E-state index contributed by atoms with van der Waals surface area (Å²) in [5.74, 6) is -0.210. The van der Waals surface area contributed by atoms with Gasteiger partial charge in [0.25, 0.3) is 5.56 Å². The number of hydrogen-bond acceptors (Lipinski definition) is 12. The summed E-state index contributed by atoms with van der Waals surface area (Å²) in [5.41, 5.74) is -1.56. The zero-order chi connectivity index (χ0) is 30.8. The second kappa shape index (κ2) is 15.4. The lowest BCUT2D eigenvalue weighted by Gasteiger charge is -2.21. The van der Waals surface area contributed by atoms with Crippen molar-refractivity contribution < 1.29 is 65.4 Å². The van der Waals surface area contributed by atoms with Gasteiger partial charge in [-0.15, -0.1) is 6.58 Å². The normalized spacial score (nSPS) is 22.3. The van der Waals surface area contributed by atoms with E-state index >= 15 is 0 Å². The molecule has 1 saturated heterocycles. The first kappa shape index (κ1) is 35.1. The average Bonchev–Trinajstić information content (AvgIpc) is 3.24. The fraction of sp³-hybridized carbons (Fsp3) is 0.526. The van der Waals surface area contributed by atoms with Crippen molar-refractivity contribution in [2.24, 2.45) is 0 Å². The van der Waals surface area contributed by atoms with Crippen molar-refractivity contribution in [2.75, 3.05) is 26.6 Å². The molecule has 3 unspecified atom stereocenters. The molecule has 1 amide bonds. The lowest BCUT2D eigenvalue weighted by atomic mass is 10.2. The highest BCUT2D eigenvalue weighted by atomic mass is 31.3. The van der Waals surface area contributed by atoms with E-state index in [0.29, 0.717) is 0 Å². The highest BCUT2D eigenvalue weighted by Crippen LogP contribution is 2.66. The average molecular weight is 649 g/mol. The molecule has 0 aliphatic carbocycles. The number of nitrogens with zero attached hydrogens (tertiary/aromatic N) is 1. The van der Waals surface area contributed by atoms with Crippen molar-refractivity contribution in [3.8, 4) is 0 Å². The Bertz CT molecular complexity index is 1350. The molecule has 5 atom stereocenters. The lowest BCUT2D eigenvalue weighted by Crippen LogP contribution is -2.33. The smallest absolute Gasteiger partial charge is 0.353 e. The van der Waals surface area contributed by atoms with Crippen molar-refractivity contribution in [2.45, 2.75) is 38.2 Å². The van der Waals surface area contributed by atoms with Crippen LogP contribution in [0.1, 0.15) is 31.6 Å². The maximum absolute atomic E-state index is 12.5. The van der Waals surface area contributed by atoms with Gasteiger partial charge >= 0.3 is 29.2 Å². The summed E-state index contributed by atoms with van der Waals surface area (Å²) in [6.07, 6.45) is 2.32. The number of phosphoric ester groups is 1. The number of aromatic amines is 1. The Hall–Kier alpha value is -2.08. The van der Waals surface area contributed by atoms with Crippen LogP contribution in [0.5, 0.6) is 0 Å². The Kier molecular flexibility index (Phi) is 13.2. The van der Waals surface area contributed by atoms with Crippen molar-refractivity contribution in [3.63, 3.8) is 0 Å². The molecule has 232 valence electrons. The van der Waals surface area contributed by atoms with Gasteiger partial charge in [-0.1, -0.05) is 25.2 Å². The van der Waals surface area contributed by atoms with Gasteiger partial charge in [0.2, 0.25) is 5.91 Å². The van der Waals surface area contributed by atoms with Crippen molar-refractivity contribution in [1.82, 2.24) is 14.9 Å². The molecule has 0 aromatic carbocycles. The van der Waals surface area contributed by atoms with Crippen LogP contribution in [0.25, 0.3) is 6.08 Å². The fourth-order valence-electron chi connectivity index (χ4n) is 3.25. The predicted molar refractivity (Wildman–Crippen MR) is 138 cm³/mol. The number of nitrogens with one attached hydrogen (secondary N) is 2. The Balaban J connectivity index is 2.20. The largest absolute Gasteiger partial charge is 0.490 e. The zero-order valence-electron chi connectivity index (χ0n) is 21.5. The maximum Gasteiger partial charge on any atom is 0.490 e. The van der Waals surface area contributed by atoms with Gasteiger partial charge in [0.15, 0.2) is 0 Å². The minimum atomic E-state index is -5.75. The highest BCUT2D eigenvalue weighted by molar-refractivity contribution is 7.66. The van der Waals surface area contributed by atoms with Crippen LogP contribution < -0.4 is 16.6 Å². The fourth-order valence-corrected chi connectivity index (χ4v) is 6.28. The van der Waals surface area contributed by atoms with Crippen LogP contribution in [-0.4, -0.2) is 73.8 Å². The summed E-state index contributed by atoms with van der Waals surface area (Å²) in [4.78, 5) is 74.6. The second-order valence-corrected chi connectivity index (χ2v) is 12.5.